The van der Waals surface area contributed by atoms with Crippen molar-refractivity contribution in [3.63, 3.8) is 0 Å². The van der Waals surface area contributed by atoms with Gasteiger partial charge >= 0.3 is 0 Å². The lowest BCUT2D eigenvalue weighted by Crippen LogP contribution is -2.12. The molecular formula is C6H11IO2. The summed E-state index contributed by atoms with van der Waals surface area (Å²) in [6.45, 7) is 2.85. The summed E-state index contributed by atoms with van der Waals surface area (Å²) in [5, 5.41) is 0. The number of hydrogen-bond donors (Lipinski definition) is 0. The van der Waals surface area contributed by atoms with Crippen molar-refractivity contribution in [2.75, 3.05) is 6.61 Å². The summed E-state index contributed by atoms with van der Waals surface area (Å²) >= 11 is 1.90. The van der Waals surface area contributed by atoms with Crippen LogP contribution >= 0.6 is 23.0 Å². The fraction of sp³-hybridized carbons (Fsp3) is 1.00. The lowest BCUT2D eigenvalue weighted by molar-refractivity contribution is 0.0358. The van der Waals surface area contributed by atoms with E-state index in [1.807, 2.05) is 23.0 Å². The summed E-state index contributed by atoms with van der Waals surface area (Å²) in [5.41, 5.74) is 0. The van der Waals surface area contributed by atoms with Gasteiger partial charge in [-0.2, -0.15) is 0 Å². The molecule has 1 saturated heterocycles. The molecule has 0 saturated carbocycles. The lowest BCUT2D eigenvalue weighted by Gasteiger charge is -2.07. The molecule has 0 radical (unpaired) electrons. The maximum Gasteiger partial charge on any atom is 0.109 e. The normalized spacial score (nSPS) is 35.3. The van der Waals surface area contributed by atoms with E-state index in [0.717, 1.165) is 13.0 Å². The lowest BCUT2D eigenvalue weighted by atomic mass is 10.2. The van der Waals surface area contributed by atoms with E-state index in [-0.39, 0.29) is 0 Å². The summed E-state index contributed by atoms with van der Waals surface area (Å²) in [6, 6.07) is 0. The monoisotopic (exact) mass is 242 g/mol. The van der Waals surface area contributed by atoms with Crippen LogP contribution in [0, 0.1) is 0 Å². The number of ether oxygens (including phenoxy) is 1. The first-order valence-corrected chi connectivity index (χ1v) is 4.10. The van der Waals surface area contributed by atoms with E-state index in [1.165, 1.54) is 6.42 Å². The zero-order valence-electron chi connectivity index (χ0n) is 5.47. The van der Waals surface area contributed by atoms with Crippen molar-refractivity contribution in [2.24, 2.45) is 0 Å². The van der Waals surface area contributed by atoms with Gasteiger partial charge in [-0.1, -0.05) is 0 Å². The van der Waals surface area contributed by atoms with Crippen molar-refractivity contribution in [1.29, 1.82) is 0 Å². The average Bonchev–Trinajstić information content (AvgIpc) is 2.17. The molecule has 1 aliphatic heterocycles. The van der Waals surface area contributed by atoms with Gasteiger partial charge in [0.05, 0.1) is 18.8 Å². The Labute approximate surface area is 69.6 Å². The van der Waals surface area contributed by atoms with Gasteiger partial charge < -0.3 is 7.80 Å². The summed E-state index contributed by atoms with van der Waals surface area (Å²) in [5.74, 6) is 0. The van der Waals surface area contributed by atoms with E-state index in [2.05, 4.69) is 6.92 Å². The van der Waals surface area contributed by atoms with Crippen molar-refractivity contribution in [3.05, 3.63) is 0 Å². The first-order chi connectivity index (χ1) is 4.33. The van der Waals surface area contributed by atoms with Gasteiger partial charge in [0.15, 0.2) is 0 Å². The van der Waals surface area contributed by atoms with Gasteiger partial charge in [-0.3, -0.25) is 0 Å². The van der Waals surface area contributed by atoms with Crippen LogP contribution in [0.2, 0.25) is 0 Å². The van der Waals surface area contributed by atoms with E-state index >= 15 is 0 Å². The van der Waals surface area contributed by atoms with Crippen LogP contribution < -0.4 is 0 Å². The van der Waals surface area contributed by atoms with E-state index in [0.29, 0.717) is 12.2 Å². The molecule has 2 atom stereocenters. The third-order valence-electron chi connectivity index (χ3n) is 1.57. The fourth-order valence-electron chi connectivity index (χ4n) is 1.08. The molecule has 54 valence electrons. The molecular weight excluding hydrogens is 231 g/mol. The standard InChI is InChI=1S/C6H11IO2/c1-5-2-3-6(9-5)4-8-7/h5-6H,2-4H2,1H3/t5-,6-/m0/s1. The molecule has 0 N–H and O–H groups in total. The summed E-state index contributed by atoms with van der Waals surface area (Å²) < 4.78 is 10.4. The zero-order valence-corrected chi connectivity index (χ0v) is 7.63. The molecule has 1 heterocycles. The van der Waals surface area contributed by atoms with Gasteiger partial charge in [-0.15, -0.1) is 0 Å². The van der Waals surface area contributed by atoms with Crippen molar-refractivity contribution in [1.82, 2.24) is 0 Å². The second kappa shape index (κ2) is 3.73. The third-order valence-corrected chi connectivity index (χ3v) is 1.93. The molecule has 0 aromatic rings. The van der Waals surface area contributed by atoms with Crippen molar-refractivity contribution in [2.45, 2.75) is 32.0 Å². The number of hydrogen-bond acceptors (Lipinski definition) is 2. The molecule has 0 aromatic carbocycles. The quantitative estimate of drug-likeness (QED) is 0.688. The molecule has 0 amide bonds. The van der Waals surface area contributed by atoms with Gasteiger partial charge in [-0.05, 0) is 19.8 Å². The van der Waals surface area contributed by atoms with Crippen molar-refractivity contribution >= 4 is 23.0 Å². The van der Waals surface area contributed by atoms with Crippen molar-refractivity contribution < 1.29 is 7.80 Å². The minimum Gasteiger partial charge on any atom is -0.373 e. The largest absolute Gasteiger partial charge is 0.373 e. The Morgan fingerprint density at radius 3 is 2.89 bits per heavy atom. The highest BCUT2D eigenvalue weighted by Gasteiger charge is 2.21. The maximum absolute atomic E-state index is 5.47. The highest BCUT2D eigenvalue weighted by Crippen LogP contribution is 2.19. The van der Waals surface area contributed by atoms with Crippen LogP contribution in [-0.4, -0.2) is 18.8 Å². The van der Waals surface area contributed by atoms with Gasteiger partial charge in [0, 0.05) is 0 Å². The first-order valence-electron chi connectivity index (χ1n) is 3.22. The SMILES string of the molecule is C[C@H]1CC[C@@H](COI)O1. The number of rotatable bonds is 2. The summed E-state index contributed by atoms with van der Waals surface area (Å²) in [6.07, 6.45) is 3.15. The van der Waals surface area contributed by atoms with Gasteiger partial charge in [-0.25, -0.2) is 0 Å². The van der Waals surface area contributed by atoms with Crippen LogP contribution in [0.15, 0.2) is 0 Å². The highest BCUT2D eigenvalue weighted by atomic mass is 127. The molecule has 2 nitrogen and oxygen atoms in total. The Balaban J connectivity index is 2.14. The molecule has 3 heteroatoms. The van der Waals surface area contributed by atoms with Crippen LogP contribution in [0.5, 0.6) is 0 Å². The van der Waals surface area contributed by atoms with E-state index in [9.17, 15) is 0 Å². The smallest absolute Gasteiger partial charge is 0.109 e. The molecule has 0 aliphatic carbocycles. The van der Waals surface area contributed by atoms with E-state index in [4.69, 9.17) is 7.80 Å². The second-order valence-corrected chi connectivity index (χ2v) is 3.04. The van der Waals surface area contributed by atoms with Crippen molar-refractivity contribution in [3.8, 4) is 0 Å². The minimum atomic E-state index is 0.358. The molecule has 0 aromatic heterocycles. The van der Waals surface area contributed by atoms with Crippen LogP contribution in [0.3, 0.4) is 0 Å². The minimum absolute atomic E-state index is 0.358. The number of halogens is 1. The highest BCUT2D eigenvalue weighted by molar-refractivity contribution is 14.1. The average molecular weight is 242 g/mol. The van der Waals surface area contributed by atoms with E-state index < -0.39 is 0 Å². The molecule has 1 fully saturated rings. The Hall–Kier alpha value is 0.650. The van der Waals surface area contributed by atoms with Gasteiger partial charge in [0.2, 0.25) is 0 Å². The van der Waals surface area contributed by atoms with Crippen LogP contribution in [0.25, 0.3) is 0 Å². The Kier molecular flexibility index (Phi) is 3.21. The third kappa shape index (κ3) is 2.39. The van der Waals surface area contributed by atoms with Crippen LogP contribution in [0.1, 0.15) is 19.8 Å². The predicted molar refractivity (Wildman–Crippen MR) is 43.5 cm³/mol. The Morgan fingerprint density at radius 1 is 1.67 bits per heavy atom. The Bertz CT molecular complexity index is 85.1. The maximum atomic E-state index is 5.47. The molecule has 1 aliphatic rings. The molecule has 0 bridgehead atoms. The molecule has 0 unspecified atom stereocenters. The Morgan fingerprint density at radius 2 is 2.44 bits per heavy atom. The summed E-state index contributed by atoms with van der Waals surface area (Å²) in [7, 11) is 0. The second-order valence-electron chi connectivity index (χ2n) is 2.42. The molecule has 0 spiro atoms. The first kappa shape index (κ1) is 7.75. The van der Waals surface area contributed by atoms with Crippen LogP contribution in [-0.2, 0) is 7.80 Å². The molecule has 9 heavy (non-hydrogen) atoms. The van der Waals surface area contributed by atoms with Gasteiger partial charge in [0.1, 0.15) is 23.0 Å². The molecule has 1 rings (SSSR count). The summed E-state index contributed by atoms with van der Waals surface area (Å²) in [4.78, 5) is 0. The zero-order chi connectivity index (χ0) is 6.69. The van der Waals surface area contributed by atoms with Gasteiger partial charge in [0.25, 0.3) is 0 Å². The van der Waals surface area contributed by atoms with Crippen LogP contribution in [0.4, 0.5) is 0 Å². The topological polar surface area (TPSA) is 18.5 Å². The fourth-order valence-corrected chi connectivity index (χ4v) is 1.48. The van der Waals surface area contributed by atoms with E-state index in [1.54, 1.807) is 0 Å². The predicted octanol–water partition coefficient (Wildman–Crippen LogP) is 1.92.